The highest BCUT2D eigenvalue weighted by molar-refractivity contribution is 5.31. The van der Waals surface area contributed by atoms with E-state index in [0.29, 0.717) is 29.1 Å². The first-order valence-electron chi connectivity index (χ1n) is 6.82. The third-order valence-corrected chi connectivity index (χ3v) is 5.84. The van der Waals surface area contributed by atoms with Gasteiger partial charge in [0, 0.05) is 0 Å². The van der Waals surface area contributed by atoms with Crippen molar-refractivity contribution in [3.05, 3.63) is 12.2 Å². The van der Waals surface area contributed by atoms with E-state index in [0.717, 1.165) is 12.3 Å². The Morgan fingerprint density at radius 3 is 2.56 bits per heavy atom. The van der Waals surface area contributed by atoms with Crippen molar-refractivity contribution in [1.82, 2.24) is 0 Å². The molecule has 2 saturated carbocycles. The largest absolute Gasteiger partial charge is 0.390 e. The predicted octanol–water partition coefficient (Wildman–Crippen LogP) is 3.24. The zero-order valence-electron chi connectivity index (χ0n) is 10.9. The molecule has 0 saturated heterocycles. The Morgan fingerprint density at radius 1 is 1.25 bits per heavy atom. The average molecular weight is 220 g/mol. The van der Waals surface area contributed by atoms with Crippen LogP contribution in [-0.4, -0.2) is 10.7 Å². The highest BCUT2D eigenvalue weighted by atomic mass is 16.3. The van der Waals surface area contributed by atoms with Crippen molar-refractivity contribution in [1.29, 1.82) is 0 Å². The summed E-state index contributed by atoms with van der Waals surface area (Å²) >= 11 is 0. The Hall–Kier alpha value is -0.300. The minimum absolute atomic E-state index is 0.391. The van der Waals surface area contributed by atoms with Crippen molar-refractivity contribution >= 4 is 0 Å². The summed E-state index contributed by atoms with van der Waals surface area (Å²) in [5, 5.41) is 10.5. The van der Waals surface area contributed by atoms with Crippen LogP contribution in [0.1, 0.15) is 40.5 Å². The van der Waals surface area contributed by atoms with Gasteiger partial charge in [0.1, 0.15) is 0 Å². The van der Waals surface area contributed by atoms with Crippen LogP contribution in [0.3, 0.4) is 0 Å². The van der Waals surface area contributed by atoms with Crippen molar-refractivity contribution in [3.8, 4) is 0 Å². The van der Waals surface area contributed by atoms with Gasteiger partial charge >= 0.3 is 0 Å². The zero-order chi connectivity index (χ0) is 11.7. The number of aliphatic hydroxyl groups is 1. The van der Waals surface area contributed by atoms with E-state index in [4.69, 9.17) is 0 Å². The van der Waals surface area contributed by atoms with E-state index in [2.05, 4.69) is 39.8 Å². The van der Waals surface area contributed by atoms with Crippen LogP contribution in [0, 0.1) is 35.0 Å². The van der Waals surface area contributed by atoms with Crippen LogP contribution in [0.5, 0.6) is 0 Å². The van der Waals surface area contributed by atoms with E-state index in [1.165, 1.54) is 6.42 Å². The van der Waals surface area contributed by atoms with Gasteiger partial charge in [0.05, 0.1) is 5.60 Å². The number of hydrogen-bond acceptors (Lipinski definition) is 1. The molecule has 0 aliphatic heterocycles. The molecule has 3 rings (SSSR count). The van der Waals surface area contributed by atoms with Gasteiger partial charge in [0.25, 0.3) is 0 Å². The maximum absolute atomic E-state index is 10.5. The lowest BCUT2D eigenvalue weighted by Crippen LogP contribution is -2.28. The highest BCUT2D eigenvalue weighted by Gasteiger charge is 2.77. The van der Waals surface area contributed by atoms with Crippen LogP contribution in [0.15, 0.2) is 12.2 Å². The fourth-order valence-electron chi connectivity index (χ4n) is 5.03. The molecule has 2 unspecified atom stereocenters. The molecule has 0 radical (unpaired) electrons. The van der Waals surface area contributed by atoms with Crippen LogP contribution < -0.4 is 0 Å². The molecule has 6 atom stereocenters. The molecular formula is C15H24O. The van der Waals surface area contributed by atoms with Crippen molar-refractivity contribution in [2.75, 3.05) is 0 Å². The van der Waals surface area contributed by atoms with Crippen LogP contribution in [-0.2, 0) is 0 Å². The summed E-state index contributed by atoms with van der Waals surface area (Å²) < 4.78 is 0. The van der Waals surface area contributed by atoms with Gasteiger partial charge in [-0.1, -0.05) is 32.9 Å². The third-order valence-electron chi connectivity index (χ3n) is 5.84. The summed E-state index contributed by atoms with van der Waals surface area (Å²) in [6.07, 6.45) is 7.10. The first kappa shape index (κ1) is 10.8. The minimum Gasteiger partial charge on any atom is -0.390 e. The van der Waals surface area contributed by atoms with Gasteiger partial charge in [0.2, 0.25) is 0 Å². The molecule has 1 N–H and O–H groups in total. The van der Waals surface area contributed by atoms with Crippen LogP contribution in [0.25, 0.3) is 0 Å². The van der Waals surface area contributed by atoms with E-state index in [1.807, 2.05) is 0 Å². The van der Waals surface area contributed by atoms with Crippen molar-refractivity contribution in [2.24, 2.45) is 35.0 Å². The zero-order valence-corrected chi connectivity index (χ0v) is 10.9. The molecular weight excluding hydrogens is 196 g/mol. The Balaban J connectivity index is 1.97. The summed E-state index contributed by atoms with van der Waals surface area (Å²) in [7, 11) is 0. The smallest absolute Gasteiger partial charge is 0.0656 e. The Labute approximate surface area is 98.9 Å². The van der Waals surface area contributed by atoms with E-state index in [9.17, 15) is 5.11 Å². The summed E-state index contributed by atoms with van der Waals surface area (Å²) in [6, 6.07) is 0. The Bertz CT molecular complexity index is 341. The molecule has 0 aromatic heterocycles. The molecule has 0 aromatic rings. The van der Waals surface area contributed by atoms with Gasteiger partial charge in [-0.05, 0) is 54.8 Å². The van der Waals surface area contributed by atoms with Crippen LogP contribution in [0.4, 0.5) is 0 Å². The van der Waals surface area contributed by atoms with Gasteiger partial charge in [-0.15, -0.1) is 0 Å². The normalized spacial score (nSPS) is 58.6. The predicted molar refractivity (Wildman–Crippen MR) is 65.9 cm³/mol. The van der Waals surface area contributed by atoms with E-state index >= 15 is 0 Å². The van der Waals surface area contributed by atoms with Gasteiger partial charge in [-0.3, -0.25) is 0 Å². The third kappa shape index (κ3) is 1.06. The van der Waals surface area contributed by atoms with Crippen molar-refractivity contribution < 1.29 is 5.11 Å². The second-order valence-electron chi connectivity index (χ2n) is 6.97. The summed E-state index contributed by atoms with van der Waals surface area (Å²) in [5.74, 6) is 3.42. The van der Waals surface area contributed by atoms with Crippen LogP contribution in [0.2, 0.25) is 0 Å². The monoisotopic (exact) mass is 220 g/mol. The molecule has 1 spiro atoms. The molecule has 16 heavy (non-hydrogen) atoms. The Kier molecular flexibility index (Phi) is 1.98. The maximum atomic E-state index is 10.5. The molecule has 1 heteroatoms. The molecule has 2 fully saturated rings. The number of fused-ring (bicyclic) bond motifs is 1. The quantitative estimate of drug-likeness (QED) is 0.673. The first-order chi connectivity index (χ1) is 7.41. The van der Waals surface area contributed by atoms with Gasteiger partial charge in [-0.25, -0.2) is 0 Å². The second kappa shape index (κ2) is 2.93. The van der Waals surface area contributed by atoms with Gasteiger partial charge in [0.15, 0.2) is 0 Å². The maximum Gasteiger partial charge on any atom is 0.0656 e. The molecule has 0 aromatic carbocycles. The molecule has 0 heterocycles. The fraction of sp³-hybridized carbons (Fsp3) is 0.867. The summed E-state index contributed by atoms with van der Waals surface area (Å²) in [5.41, 5.74) is 0.0747. The van der Waals surface area contributed by atoms with E-state index in [1.54, 1.807) is 0 Å². The second-order valence-corrected chi connectivity index (χ2v) is 6.97. The van der Waals surface area contributed by atoms with Crippen molar-refractivity contribution in [3.63, 3.8) is 0 Å². The molecule has 3 aliphatic rings. The molecule has 90 valence electrons. The summed E-state index contributed by atoms with van der Waals surface area (Å²) in [4.78, 5) is 0. The standard InChI is InChI=1S/C15H24O/c1-9(2)11-6-5-10(3)15-8-7-14(4,16)13(15)12(11)15/h5-6,9-13,16H,7-8H2,1-4H3/t10-,11+,12-,13?,14?,15-/m0/s1. The molecule has 3 aliphatic carbocycles. The summed E-state index contributed by atoms with van der Waals surface area (Å²) in [6.45, 7) is 9.05. The lowest BCUT2D eigenvalue weighted by molar-refractivity contribution is 0.0323. The van der Waals surface area contributed by atoms with Crippen molar-refractivity contribution in [2.45, 2.75) is 46.1 Å². The van der Waals surface area contributed by atoms with E-state index < -0.39 is 5.60 Å². The lowest BCUT2D eigenvalue weighted by Gasteiger charge is -2.31. The number of allylic oxidation sites excluding steroid dienone is 2. The topological polar surface area (TPSA) is 20.2 Å². The number of hydrogen-bond donors (Lipinski definition) is 1. The highest BCUT2D eigenvalue weighted by Crippen LogP contribution is 2.79. The number of rotatable bonds is 1. The van der Waals surface area contributed by atoms with Crippen LogP contribution >= 0.6 is 0 Å². The SMILES string of the molecule is CC(C)[C@H]1C=C[C@H](C)[C@]23CCC(C)(O)C2[C@H]13. The molecule has 0 amide bonds. The van der Waals surface area contributed by atoms with Gasteiger partial charge < -0.3 is 5.11 Å². The van der Waals surface area contributed by atoms with Gasteiger partial charge in [-0.2, -0.15) is 0 Å². The molecule has 0 bridgehead atoms. The Morgan fingerprint density at radius 2 is 1.94 bits per heavy atom. The molecule has 1 nitrogen and oxygen atoms in total. The average Bonchev–Trinajstić information content (AvgIpc) is 2.79. The van der Waals surface area contributed by atoms with E-state index in [-0.39, 0.29) is 0 Å². The fourth-order valence-corrected chi connectivity index (χ4v) is 5.03. The lowest BCUT2D eigenvalue weighted by atomic mass is 9.74. The first-order valence-corrected chi connectivity index (χ1v) is 6.82. The minimum atomic E-state index is -0.391.